The second kappa shape index (κ2) is 10.2. The van der Waals surface area contributed by atoms with Crippen LogP contribution in [0.5, 0.6) is 11.5 Å². The van der Waals surface area contributed by atoms with Crippen molar-refractivity contribution in [3.05, 3.63) is 23.3 Å². The molecule has 7 heteroatoms. The Balaban J connectivity index is 1.63. The van der Waals surface area contributed by atoms with Gasteiger partial charge < -0.3 is 24.4 Å². The van der Waals surface area contributed by atoms with Crippen molar-refractivity contribution in [2.75, 3.05) is 45.2 Å². The molecule has 2 aromatic rings. The summed E-state index contributed by atoms with van der Waals surface area (Å²) in [5, 5.41) is 4.49. The molecule has 180 valence electrons. The first-order valence-corrected chi connectivity index (χ1v) is 12.1. The molecule has 7 nitrogen and oxygen atoms in total. The minimum atomic E-state index is -0.268. The van der Waals surface area contributed by atoms with E-state index in [9.17, 15) is 4.79 Å². The van der Waals surface area contributed by atoms with E-state index >= 15 is 0 Å². The molecule has 1 unspecified atom stereocenters. The van der Waals surface area contributed by atoms with Gasteiger partial charge in [0.1, 0.15) is 11.9 Å². The van der Waals surface area contributed by atoms with E-state index in [0.29, 0.717) is 24.6 Å². The number of aromatic nitrogens is 1. The Kier molecular flexibility index (Phi) is 7.27. The minimum Gasteiger partial charge on any atom is -0.493 e. The molecule has 4 rings (SSSR count). The fourth-order valence-electron chi connectivity index (χ4n) is 4.82. The fraction of sp³-hybridized carbons (Fsp3) is 0.615. The second-order valence-corrected chi connectivity index (χ2v) is 10.3. The lowest BCUT2D eigenvalue weighted by molar-refractivity contribution is -0.133. The number of hydrogen-bond acceptors (Lipinski definition) is 7. The van der Waals surface area contributed by atoms with Crippen molar-refractivity contribution in [1.29, 1.82) is 0 Å². The van der Waals surface area contributed by atoms with Gasteiger partial charge in [-0.15, -0.1) is 0 Å². The summed E-state index contributed by atoms with van der Waals surface area (Å²) >= 11 is 0. The maximum absolute atomic E-state index is 11.2. The number of nitrogens with one attached hydrogen (secondary N) is 1. The van der Waals surface area contributed by atoms with Crippen LogP contribution in [0.2, 0.25) is 0 Å². The molecule has 1 saturated heterocycles. The number of fused-ring (bicyclic) bond motifs is 3. The molecule has 1 aliphatic heterocycles. The highest BCUT2D eigenvalue weighted by molar-refractivity contribution is 5.90. The largest absolute Gasteiger partial charge is 0.493 e. The summed E-state index contributed by atoms with van der Waals surface area (Å²) in [6.07, 6.45) is 4.89. The lowest BCUT2D eigenvalue weighted by atomic mass is 9.96. The van der Waals surface area contributed by atoms with Crippen LogP contribution >= 0.6 is 0 Å². The Morgan fingerprint density at radius 1 is 1.21 bits per heavy atom. The quantitative estimate of drug-likeness (QED) is 0.410. The number of likely N-dealkylation sites (tertiary alicyclic amines) is 1. The lowest BCUT2D eigenvalue weighted by Gasteiger charge is -2.22. The van der Waals surface area contributed by atoms with E-state index in [0.717, 1.165) is 60.2 Å². The van der Waals surface area contributed by atoms with Crippen LogP contribution in [0.4, 0.5) is 5.82 Å². The van der Waals surface area contributed by atoms with Crippen molar-refractivity contribution < 1.29 is 19.0 Å². The first-order valence-electron chi connectivity index (χ1n) is 12.1. The van der Waals surface area contributed by atoms with Gasteiger partial charge in [0.15, 0.2) is 11.5 Å². The molecule has 1 aromatic carbocycles. The molecule has 1 atom stereocenters. The molecule has 33 heavy (non-hydrogen) atoms. The van der Waals surface area contributed by atoms with E-state index in [1.54, 1.807) is 7.11 Å². The Labute approximate surface area is 196 Å². The van der Waals surface area contributed by atoms with Crippen LogP contribution in [0.25, 0.3) is 10.9 Å². The predicted molar refractivity (Wildman–Crippen MR) is 130 cm³/mol. The van der Waals surface area contributed by atoms with Crippen molar-refractivity contribution in [3.8, 4) is 11.5 Å². The van der Waals surface area contributed by atoms with E-state index in [1.165, 1.54) is 25.9 Å². The van der Waals surface area contributed by atoms with Gasteiger partial charge in [-0.1, -0.05) is 20.8 Å². The van der Waals surface area contributed by atoms with Crippen molar-refractivity contribution in [1.82, 2.24) is 9.88 Å². The number of pyridine rings is 1. The van der Waals surface area contributed by atoms with E-state index in [4.69, 9.17) is 19.2 Å². The van der Waals surface area contributed by atoms with Gasteiger partial charge in [-0.25, -0.2) is 4.98 Å². The number of carbonyl (C=O) groups excluding carboxylic acids is 1. The smallest absolute Gasteiger partial charge is 0.293 e. The standard InChI is InChI=1S/C26H37N3O4/c1-26(2,3)16-27-25-18-8-9-21(33-17-30)24(18)19-14-22(31-4)23(15-20(19)28-25)32-13-7-12-29-10-5-6-11-29/h14-15,17,21H,5-13,16H2,1-4H3,(H,27,28). The van der Waals surface area contributed by atoms with Crippen LogP contribution in [0.15, 0.2) is 12.1 Å². The van der Waals surface area contributed by atoms with Crippen molar-refractivity contribution >= 4 is 23.2 Å². The Morgan fingerprint density at radius 2 is 2.00 bits per heavy atom. The maximum atomic E-state index is 11.2. The normalized spacial score (nSPS) is 18.4. The molecule has 0 amide bonds. The molecule has 0 spiro atoms. The number of anilines is 1. The lowest BCUT2D eigenvalue weighted by Crippen LogP contribution is -2.22. The van der Waals surface area contributed by atoms with Gasteiger partial charge in [0, 0.05) is 35.7 Å². The highest BCUT2D eigenvalue weighted by Crippen LogP contribution is 2.44. The van der Waals surface area contributed by atoms with Gasteiger partial charge >= 0.3 is 0 Å². The van der Waals surface area contributed by atoms with Crippen molar-refractivity contribution in [3.63, 3.8) is 0 Å². The monoisotopic (exact) mass is 455 g/mol. The summed E-state index contributed by atoms with van der Waals surface area (Å²) in [5.41, 5.74) is 3.09. The van der Waals surface area contributed by atoms with Crippen LogP contribution in [0.1, 0.15) is 63.7 Å². The fourth-order valence-corrected chi connectivity index (χ4v) is 4.82. The zero-order valence-electron chi connectivity index (χ0n) is 20.4. The molecule has 0 bridgehead atoms. The van der Waals surface area contributed by atoms with Gasteiger partial charge in [0.2, 0.25) is 0 Å². The summed E-state index contributed by atoms with van der Waals surface area (Å²) in [7, 11) is 1.66. The highest BCUT2D eigenvalue weighted by Gasteiger charge is 2.31. The topological polar surface area (TPSA) is 72.9 Å². The van der Waals surface area contributed by atoms with E-state index in [-0.39, 0.29) is 11.5 Å². The zero-order valence-corrected chi connectivity index (χ0v) is 20.4. The maximum Gasteiger partial charge on any atom is 0.293 e. The summed E-state index contributed by atoms with van der Waals surface area (Å²) < 4.78 is 17.3. The number of benzene rings is 1. The van der Waals surface area contributed by atoms with Crippen LogP contribution in [0, 0.1) is 5.41 Å². The third-order valence-corrected chi connectivity index (χ3v) is 6.47. The van der Waals surface area contributed by atoms with Gasteiger partial charge in [0.05, 0.1) is 19.2 Å². The predicted octanol–water partition coefficient (Wildman–Crippen LogP) is 4.73. The Morgan fingerprint density at radius 3 is 2.70 bits per heavy atom. The molecular formula is C26H37N3O4. The molecule has 2 aliphatic rings. The number of ether oxygens (including phenoxy) is 3. The molecule has 1 aliphatic carbocycles. The van der Waals surface area contributed by atoms with Gasteiger partial charge in [0.25, 0.3) is 6.47 Å². The van der Waals surface area contributed by atoms with Crippen LogP contribution in [-0.4, -0.2) is 56.3 Å². The average molecular weight is 456 g/mol. The number of methoxy groups -OCH3 is 1. The van der Waals surface area contributed by atoms with Gasteiger partial charge in [-0.3, -0.25) is 4.79 Å². The van der Waals surface area contributed by atoms with Crippen molar-refractivity contribution in [2.45, 2.75) is 59.0 Å². The zero-order chi connectivity index (χ0) is 23.4. The van der Waals surface area contributed by atoms with E-state index in [1.807, 2.05) is 12.1 Å². The second-order valence-electron chi connectivity index (χ2n) is 10.3. The molecule has 1 N–H and O–H groups in total. The first-order chi connectivity index (χ1) is 15.9. The highest BCUT2D eigenvalue weighted by atomic mass is 16.5. The number of carbonyl (C=O) groups is 1. The SMILES string of the molecule is COc1cc2c3c(c(NCC(C)(C)C)nc2cc1OCCCN1CCCC1)CCC3OC=O. The number of rotatable bonds is 10. The van der Waals surface area contributed by atoms with Crippen molar-refractivity contribution in [2.24, 2.45) is 5.41 Å². The van der Waals surface area contributed by atoms with Crippen LogP contribution in [0.3, 0.4) is 0 Å². The summed E-state index contributed by atoms with van der Waals surface area (Å²) in [6.45, 7) is 12.0. The average Bonchev–Trinajstić information content (AvgIpc) is 3.45. The van der Waals surface area contributed by atoms with E-state index in [2.05, 4.69) is 31.0 Å². The molecular weight excluding hydrogens is 418 g/mol. The van der Waals surface area contributed by atoms with Crippen LogP contribution < -0.4 is 14.8 Å². The first kappa shape index (κ1) is 23.6. The molecule has 0 radical (unpaired) electrons. The Bertz CT molecular complexity index is 980. The molecule has 1 aromatic heterocycles. The summed E-state index contributed by atoms with van der Waals surface area (Å²) in [6, 6.07) is 3.94. The molecule has 2 heterocycles. The number of nitrogens with zero attached hydrogens (tertiary/aromatic N) is 2. The van der Waals surface area contributed by atoms with Gasteiger partial charge in [-0.2, -0.15) is 0 Å². The summed E-state index contributed by atoms with van der Waals surface area (Å²) in [4.78, 5) is 18.6. The molecule has 0 saturated carbocycles. The summed E-state index contributed by atoms with van der Waals surface area (Å²) in [5.74, 6) is 2.25. The van der Waals surface area contributed by atoms with Gasteiger partial charge in [-0.05, 0) is 56.7 Å². The Hall–Kier alpha value is -2.54. The third-order valence-electron chi connectivity index (χ3n) is 6.47. The number of hydrogen-bond donors (Lipinski definition) is 1. The molecule has 1 fully saturated rings. The minimum absolute atomic E-state index is 0.115. The third kappa shape index (κ3) is 5.52. The van der Waals surface area contributed by atoms with Crippen LogP contribution in [-0.2, 0) is 16.0 Å². The van der Waals surface area contributed by atoms with E-state index < -0.39 is 0 Å².